The minimum Gasteiger partial charge on any atom is -0.496 e. The van der Waals surface area contributed by atoms with Crippen molar-refractivity contribution < 1.29 is 23.7 Å². The molecule has 0 spiro atoms. The van der Waals surface area contributed by atoms with Crippen LogP contribution in [0.1, 0.15) is 10.4 Å². The minimum atomic E-state index is -0.0269. The van der Waals surface area contributed by atoms with Crippen molar-refractivity contribution in [1.82, 2.24) is 15.1 Å². The number of hydrogen-bond acceptors (Lipinski definition) is 8. The van der Waals surface area contributed by atoms with E-state index in [-0.39, 0.29) is 5.91 Å². The molecule has 9 nitrogen and oxygen atoms in total. The van der Waals surface area contributed by atoms with Gasteiger partial charge in [-0.1, -0.05) is 12.1 Å². The lowest BCUT2D eigenvalue weighted by atomic mass is 10.1. The van der Waals surface area contributed by atoms with Crippen molar-refractivity contribution in [2.45, 2.75) is 0 Å². The van der Waals surface area contributed by atoms with Crippen LogP contribution in [0.4, 0.5) is 5.82 Å². The molecule has 3 aromatic rings. The molecule has 1 fully saturated rings. The average Bonchev–Trinajstić information content (AvgIpc) is 2.91. The van der Waals surface area contributed by atoms with Crippen LogP contribution in [0.25, 0.3) is 11.3 Å². The Labute approximate surface area is 198 Å². The molecule has 0 radical (unpaired) electrons. The van der Waals surface area contributed by atoms with Crippen molar-refractivity contribution in [3.8, 4) is 34.3 Å². The number of para-hydroxylation sites is 1. The summed E-state index contributed by atoms with van der Waals surface area (Å²) in [6.45, 7) is 2.51. The second-order valence-corrected chi connectivity index (χ2v) is 7.67. The van der Waals surface area contributed by atoms with Gasteiger partial charge in [0.1, 0.15) is 5.75 Å². The van der Waals surface area contributed by atoms with Gasteiger partial charge in [-0.05, 0) is 36.4 Å². The van der Waals surface area contributed by atoms with Gasteiger partial charge in [-0.3, -0.25) is 4.79 Å². The molecule has 0 unspecified atom stereocenters. The number of aromatic nitrogens is 2. The topological polar surface area (TPSA) is 86.3 Å². The monoisotopic (exact) mass is 464 g/mol. The molecule has 1 aliphatic heterocycles. The minimum absolute atomic E-state index is 0.0269. The number of hydrogen-bond donors (Lipinski definition) is 0. The highest BCUT2D eigenvalue weighted by Gasteiger charge is 2.25. The first-order chi connectivity index (χ1) is 16.6. The van der Waals surface area contributed by atoms with Gasteiger partial charge in [0, 0.05) is 31.7 Å². The van der Waals surface area contributed by atoms with Crippen LogP contribution < -0.4 is 23.8 Å². The molecule has 0 N–H and O–H groups in total. The van der Waals surface area contributed by atoms with Gasteiger partial charge in [0.15, 0.2) is 17.3 Å². The van der Waals surface area contributed by atoms with E-state index >= 15 is 0 Å². The van der Waals surface area contributed by atoms with Crippen molar-refractivity contribution >= 4 is 11.7 Å². The molecular formula is C25H28N4O5. The molecule has 34 heavy (non-hydrogen) atoms. The van der Waals surface area contributed by atoms with Crippen LogP contribution in [-0.2, 0) is 0 Å². The number of carbonyl (C=O) groups excluding carboxylic acids is 1. The number of piperazine rings is 1. The molecule has 0 bridgehead atoms. The fourth-order valence-electron chi connectivity index (χ4n) is 4.01. The highest BCUT2D eigenvalue weighted by Crippen LogP contribution is 2.40. The van der Waals surface area contributed by atoms with Crippen LogP contribution in [0, 0.1) is 0 Å². The molecule has 1 aliphatic rings. The Morgan fingerprint density at radius 3 is 1.97 bits per heavy atom. The number of amides is 1. The molecule has 9 heteroatoms. The molecule has 1 saturated heterocycles. The highest BCUT2D eigenvalue weighted by atomic mass is 16.5. The number of carbonyl (C=O) groups is 1. The predicted octanol–water partition coefficient (Wildman–Crippen LogP) is 3.14. The van der Waals surface area contributed by atoms with E-state index in [0.717, 1.165) is 11.4 Å². The lowest BCUT2D eigenvalue weighted by Gasteiger charge is -2.35. The van der Waals surface area contributed by atoms with Gasteiger partial charge >= 0.3 is 0 Å². The summed E-state index contributed by atoms with van der Waals surface area (Å²) < 4.78 is 21.6. The molecule has 0 atom stereocenters. The van der Waals surface area contributed by atoms with Gasteiger partial charge in [0.05, 0.1) is 39.7 Å². The first kappa shape index (κ1) is 23.2. The Hall–Kier alpha value is -4.01. The summed E-state index contributed by atoms with van der Waals surface area (Å²) in [7, 11) is 6.30. The van der Waals surface area contributed by atoms with Crippen LogP contribution in [0.5, 0.6) is 23.0 Å². The predicted molar refractivity (Wildman–Crippen MR) is 128 cm³/mol. The van der Waals surface area contributed by atoms with Crippen LogP contribution in [0.2, 0.25) is 0 Å². The van der Waals surface area contributed by atoms with Crippen LogP contribution in [0.3, 0.4) is 0 Å². The van der Waals surface area contributed by atoms with Crippen molar-refractivity contribution in [3.63, 3.8) is 0 Å². The van der Waals surface area contributed by atoms with Crippen molar-refractivity contribution in [3.05, 3.63) is 54.1 Å². The van der Waals surface area contributed by atoms with Crippen molar-refractivity contribution in [1.29, 1.82) is 0 Å². The standard InChI is InChI=1S/C25H28N4O5/c1-31-20-8-6-5-7-18(20)25(30)29-13-11-28(12-14-29)23-10-9-19(26-27-23)17-15-21(32-2)24(34-4)22(16-17)33-3/h5-10,15-16H,11-14H2,1-4H3. The molecule has 0 aliphatic carbocycles. The summed E-state index contributed by atoms with van der Waals surface area (Å²) in [6, 6.07) is 14.8. The van der Waals surface area contributed by atoms with Gasteiger partial charge in [-0.2, -0.15) is 0 Å². The van der Waals surface area contributed by atoms with Gasteiger partial charge < -0.3 is 28.7 Å². The first-order valence-electron chi connectivity index (χ1n) is 10.9. The van der Waals surface area contributed by atoms with Gasteiger partial charge in [-0.25, -0.2) is 0 Å². The van der Waals surface area contributed by atoms with E-state index in [1.807, 2.05) is 41.3 Å². The fraction of sp³-hybridized carbons (Fsp3) is 0.320. The molecule has 4 rings (SSSR count). The lowest BCUT2D eigenvalue weighted by molar-refractivity contribution is 0.0743. The Morgan fingerprint density at radius 2 is 1.41 bits per heavy atom. The van der Waals surface area contributed by atoms with Crippen molar-refractivity contribution in [2.75, 3.05) is 59.5 Å². The maximum atomic E-state index is 12.9. The summed E-state index contributed by atoms with van der Waals surface area (Å²) in [6.07, 6.45) is 0. The van der Waals surface area contributed by atoms with Crippen LogP contribution in [-0.4, -0.2) is 75.6 Å². The van der Waals surface area contributed by atoms with E-state index in [1.165, 1.54) is 0 Å². The molecule has 1 aromatic heterocycles. The molecule has 2 heterocycles. The van der Waals surface area contributed by atoms with Crippen LogP contribution >= 0.6 is 0 Å². The maximum Gasteiger partial charge on any atom is 0.257 e. The molecule has 0 saturated carbocycles. The van der Waals surface area contributed by atoms with Crippen molar-refractivity contribution in [2.24, 2.45) is 0 Å². The largest absolute Gasteiger partial charge is 0.496 e. The molecular weight excluding hydrogens is 436 g/mol. The summed E-state index contributed by atoms with van der Waals surface area (Å²) >= 11 is 0. The van der Waals surface area contributed by atoms with E-state index in [2.05, 4.69) is 15.1 Å². The zero-order valence-electron chi connectivity index (χ0n) is 19.8. The first-order valence-corrected chi connectivity index (χ1v) is 10.9. The Morgan fingerprint density at radius 1 is 0.765 bits per heavy atom. The van der Waals surface area contributed by atoms with E-state index in [9.17, 15) is 4.79 Å². The number of benzene rings is 2. The fourth-order valence-corrected chi connectivity index (χ4v) is 4.01. The number of anilines is 1. The van der Waals surface area contributed by atoms with E-state index in [4.69, 9.17) is 18.9 Å². The van der Waals surface area contributed by atoms with Gasteiger partial charge in [0.25, 0.3) is 5.91 Å². The summed E-state index contributed by atoms with van der Waals surface area (Å²) in [5.41, 5.74) is 2.07. The van der Waals surface area contributed by atoms with E-state index < -0.39 is 0 Å². The zero-order chi connectivity index (χ0) is 24.1. The van der Waals surface area contributed by atoms with Crippen LogP contribution in [0.15, 0.2) is 48.5 Å². The third-order valence-corrected chi connectivity index (χ3v) is 5.84. The maximum absolute atomic E-state index is 12.9. The molecule has 2 aromatic carbocycles. The third-order valence-electron chi connectivity index (χ3n) is 5.84. The SMILES string of the molecule is COc1ccccc1C(=O)N1CCN(c2ccc(-c3cc(OC)c(OC)c(OC)c3)nn2)CC1. The zero-order valence-corrected chi connectivity index (χ0v) is 19.8. The summed E-state index contributed by atoms with van der Waals surface area (Å²) in [5.74, 6) is 2.96. The average molecular weight is 465 g/mol. The third kappa shape index (κ3) is 4.54. The second kappa shape index (κ2) is 10.3. The molecule has 1 amide bonds. The number of methoxy groups -OCH3 is 4. The normalized spacial score (nSPS) is 13.4. The molecule has 178 valence electrons. The van der Waals surface area contributed by atoms with Gasteiger partial charge in [0.2, 0.25) is 5.75 Å². The smallest absolute Gasteiger partial charge is 0.257 e. The Balaban J connectivity index is 1.45. The van der Waals surface area contributed by atoms with Gasteiger partial charge in [-0.15, -0.1) is 10.2 Å². The second-order valence-electron chi connectivity index (χ2n) is 7.67. The number of rotatable bonds is 7. The van der Waals surface area contributed by atoms with E-state index in [1.54, 1.807) is 40.6 Å². The highest BCUT2D eigenvalue weighted by molar-refractivity contribution is 5.97. The lowest BCUT2D eigenvalue weighted by Crippen LogP contribution is -2.49. The number of ether oxygens (including phenoxy) is 4. The Bertz CT molecular complexity index is 1120. The summed E-state index contributed by atoms with van der Waals surface area (Å²) in [4.78, 5) is 16.9. The summed E-state index contributed by atoms with van der Waals surface area (Å²) in [5, 5.41) is 8.84. The quantitative estimate of drug-likeness (QED) is 0.527. The number of nitrogens with zero attached hydrogens (tertiary/aromatic N) is 4. The van der Waals surface area contributed by atoms with E-state index in [0.29, 0.717) is 60.4 Å². The Kier molecular flexibility index (Phi) is 7.01.